The summed E-state index contributed by atoms with van der Waals surface area (Å²) >= 11 is 6.08. The fourth-order valence-corrected chi connectivity index (χ4v) is 2.30. The van der Waals surface area contributed by atoms with E-state index in [1.165, 1.54) is 18.2 Å². The normalized spacial score (nSPS) is 12.0. The molecule has 0 aliphatic carbocycles. The first-order valence-electron chi connectivity index (χ1n) is 6.55. The summed E-state index contributed by atoms with van der Waals surface area (Å²) in [5, 5.41) is 23.3. The largest absolute Gasteiger partial charge is 0.508 e. The van der Waals surface area contributed by atoms with E-state index in [0.29, 0.717) is 16.3 Å². The van der Waals surface area contributed by atoms with Crippen molar-refractivity contribution in [1.29, 1.82) is 0 Å². The van der Waals surface area contributed by atoms with Gasteiger partial charge in [0.25, 0.3) is 0 Å². The van der Waals surface area contributed by atoms with E-state index in [0.717, 1.165) is 11.3 Å². The van der Waals surface area contributed by atoms with E-state index in [1.807, 2.05) is 19.9 Å². The maximum atomic E-state index is 9.91. The van der Waals surface area contributed by atoms with E-state index < -0.39 is 0 Å². The summed E-state index contributed by atoms with van der Waals surface area (Å²) in [5.41, 5.74) is 2.30. The Morgan fingerprint density at radius 2 is 1.90 bits per heavy atom. The minimum absolute atomic E-state index is 0.107. The fraction of sp³-hybridized carbons (Fsp3) is 0.250. The van der Waals surface area contributed by atoms with Crippen LogP contribution in [0.3, 0.4) is 0 Å². The average molecular weight is 308 g/mol. The number of phenols is 2. The van der Waals surface area contributed by atoms with Gasteiger partial charge >= 0.3 is 0 Å². The number of anilines is 1. The van der Waals surface area contributed by atoms with Crippen LogP contribution < -0.4 is 10.1 Å². The van der Waals surface area contributed by atoms with Crippen molar-refractivity contribution in [3.8, 4) is 17.2 Å². The Balaban J connectivity index is 2.33. The number of methoxy groups -OCH3 is 1. The Hall–Kier alpha value is -2.07. The van der Waals surface area contributed by atoms with Gasteiger partial charge in [-0.25, -0.2) is 0 Å². The number of aromatic hydroxyl groups is 2. The van der Waals surface area contributed by atoms with Crippen molar-refractivity contribution in [2.75, 3.05) is 12.4 Å². The van der Waals surface area contributed by atoms with E-state index in [-0.39, 0.29) is 17.5 Å². The zero-order valence-corrected chi connectivity index (χ0v) is 12.9. The maximum Gasteiger partial charge on any atom is 0.143 e. The predicted molar refractivity (Wildman–Crippen MR) is 84.6 cm³/mol. The molecule has 0 bridgehead atoms. The number of hydrogen-bond donors (Lipinski definition) is 3. The summed E-state index contributed by atoms with van der Waals surface area (Å²) in [5.74, 6) is 0.852. The smallest absolute Gasteiger partial charge is 0.143 e. The predicted octanol–water partition coefficient (Wildman–Crippen LogP) is 4.24. The summed E-state index contributed by atoms with van der Waals surface area (Å²) in [6.07, 6.45) is 0. The molecule has 0 fully saturated rings. The Kier molecular flexibility index (Phi) is 4.48. The molecular weight excluding hydrogens is 290 g/mol. The molecule has 2 aromatic carbocycles. The molecule has 0 aromatic heterocycles. The molecular formula is C16H18ClNO3. The quantitative estimate of drug-likeness (QED) is 0.739. The number of rotatable bonds is 4. The highest BCUT2D eigenvalue weighted by molar-refractivity contribution is 6.31. The van der Waals surface area contributed by atoms with Gasteiger partial charge < -0.3 is 20.3 Å². The highest BCUT2D eigenvalue weighted by atomic mass is 35.5. The molecule has 0 saturated heterocycles. The number of ether oxygens (including phenoxy) is 1. The third-order valence-corrected chi connectivity index (χ3v) is 3.74. The Labute approximate surface area is 129 Å². The standard InChI is InChI=1S/C16H18ClNO3/c1-9-6-14(16(21-3)8-13(9)17)18-10(2)12-7-11(19)4-5-15(12)20/h4-8,10,18-20H,1-3H3. The summed E-state index contributed by atoms with van der Waals surface area (Å²) in [7, 11) is 1.57. The van der Waals surface area contributed by atoms with Crippen LogP contribution in [0.15, 0.2) is 30.3 Å². The van der Waals surface area contributed by atoms with Crippen LogP contribution in [0.2, 0.25) is 5.02 Å². The first-order valence-corrected chi connectivity index (χ1v) is 6.92. The molecule has 2 rings (SSSR count). The van der Waals surface area contributed by atoms with Crippen LogP contribution >= 0.6 is 11.6 Å². The SMILES string of the molecule is COc1cc(Cl)c(C)cc1NC(C)c1cc(O)ccc1O. The van der Waals surface area contributed by atoms with Gasteiger partial charge in [-0.15, -0.1) is 0 Å². The van der Waals surface area contributed by atoms with Crippen molar-refractivity contribution in [3.63, 3.8) is 0 Å². The van der Waals surface area contributed by atoms with Crippen molar-refractivity contribution in [1.82, 2.24) is 0 Å². The van der Waals surface area contributed by atoms with E-state index in [1.54, 1.807) is 13.2 Å². The van der Waals surface area contributed by atoms with Crippen molar-refractivity contribution in [2.24, 2.45) is 0 Å². The molecule has 1 unspecified atom stereocenters. The van der Waals surface area contributed by atoms with Crippen molar-refractivity contribution >= 4 is 17.3 Å². The summed E-state index contributed by atoms with van der Waals surface area (Å²) in [4.78, 5) is 0. The fourth-order valence-electron chi connectivity index (χ4n) is 2.14. The Morgan fingerprint density at radius 3 is 2.57 bits per heavy atom. The van der Waals surface area contributed by atoms with Crippen molar-refractivity contribution in [2.45, 2.75) is 19.9 Å². The highest BCUT2D eigenvalue weighted by Gasteiger charge is 2.14. The lowest BCUT2D eigenvalue weighted by molar-refractivity contribution is 0.415. The lowest BCUT2D eigenvalue weighted by atomic mass is 10.1. The van der Waals surface area contributed by atoms with E-state index >= 15 is 0 Å². The van der Waals surface area contributed by atoms with E-state index in [2.05, 4.69) is 5.32 Å². The molecule has 0 aliphatic heterocycles. The molecule has 0 saturated carbocycles. The lowest BCUT2D eigenvalue weighted by Crippen LogP contribution is -2.08. The van der Waals surface area contributed by atoms with Crippen LogP contribution in [-0.4, -0.2) is 17.3 Å². The summed E-state index contributed by atoms with van der Waals surface area (Å²) < 4.78 is 5.31. The molecule has 0 amide bonds. The van der Waals surface area contributed by atoms with Crippen LogP contribution in [-0.2, 0) is 0 Å². The molecule has 3 N–H and O–H groups in total. The van der Waals surface area contributed by atoms with Crippen LogP contribution in [0.5, 0.6) is 17.2 Å². The molecule has 0 radical (unpaired) electrons. The van der Waals surface area contributed by atoms with Crippen molar-refractivity contribution in [3.05, 3.63) is 46.5 Å². The van der Waals surface area contributed by atoms with Gasteiger partial charge in [0, 0.05) is 16.7 Å². The van der Waals surface area contributed by atoms with Crippen molar-refractivity contribution < 1.29 is 14.9 Å². The van der Waals surface area contributed by atoms with Gasteiger partial charge in [-0.2, -0.15) is 0 Å². The molecule has 112 valence electrons. The molecule has 2 aromatic rings. The lowest BCUT2D eigenvalue weighted by Gasteiger charge is -2.20. The van der Waals surface area contributed by atoms with Gasteiger partial charge in [-0.3, -0.25) is 0 Å². The zero-order valence-electron chi connectivity index (χ0n) is 12.1. The van der Waals surface area contributed by atoms with Gasteiger partial charge in [0.2, 0.25) is 0 Å². The van der Waals surface area contributed by atoms with Crippen LogP contribution in [0.1, 0.15) is 24.1 Å². The van der Waals surface area contributed by atoms with Gasteiger partial charge in [-0.1, -0.05) is 11.6 Å². The number of aryl methyl sites for hydroxylation is 1. The Bertz CT molecular complexity index is 658. The number of hydrogen-bond acceptors (Lipinski definition) is 4. The molecule has 4 nitrogen and oxygen atoms in total. The van der Waals surface area contributed by atoms with E-state index in [9.17, 15) is 10.2 Å². The summed E-state index contributed by atoms with van der Waals surface area (Å²) in [6, 6.07) is 7.85. The van der Waals surface area contributed by atoms with Gasteiger partial charge in [0.05, 0.1) is 18.8 Å². The Morgan fingerprint density at radius 1 is 1.19 bits per heavy atom. The molecule has 1 atom stereocenters. The third-order valence-electron chi connectivity index (χ3n) is 3.33. The molecule has 0 heterocycles. The topological polar surface area (TPSA) is 61.7 Å². The minimum Gasteiger partial charge on any atom is -0.508 e. The average Bonchev–Trinajstić information content (AvgIpc) is 2.45. The molecule has 21 heavy (non-hydrogen) atoms. The van der Waals surface area contributed by atoms with Crippen LogP contribution in [0, 0.1) is 6.92 Å². The number of nitrogens with one attached hydrogen (secondary N) is 1. The third kappa shape index (κ3) is 3.34. The second kappa shape index (κ2) is 6.14. The number of benzene rings is 2. The minimum atomic E-state index is -0.216. The first kappa shape index (κ1) is 15.3. The molecule has 0 spiro atoms. The van der Waals surface area contributed by atoms with Crippen LogP contribution in [0.25, 0.3) is 0 Å². The number of halogens is 1. The molecule has 5 heteroatoms. The van der Waals surface area contributed by atoms with Gasteiger partial charge in [-0.05, 0) is 43.7 Å². The van der Waals surface area contributed by atoms with Gasteiger partial charge in [0.15, 0.2) is 0 Å². The molecule has 0 aliphatic rings. The number of phenolic OH excluding ortho intramolecular Hbond substituents is 2. The zero-order chi connectivity index (χ0) is 15.6. The van der Waals surface area contributed by atoms with E-state index in [4.69, 9.17) is 16.3 Å². The monoisotopic (exact) mass is 307 g/mol. The van der Waals surface area contributed by atoms with Crippen LogP contribution in [0.4, 0.5) is 5.69 Å². The second-order valence-electron chi connectivity index (χ2n) is 4.91. The first-order chi connectivity index (χ1) is 9.92. The second-order valence-corrected chi connectivity index (χ2v) is 5.32. The summed E-state index contributed by atoms with van der Waals surface area (Å²) in [6.45, 7) is 3.79. The van der Waals surface area contributed by atoms with Gasteiger partial charge in [0.1, 0.15) is 17.2 Å². The highest BCUT2D eigenvalue weighted by Crippen LogP contribution is 2.35. The maximum absolute atomic E-state index is 9.91.